The Balaban J connectivity index is 2.26. The molecule has 0 fully saturated rings. The molecule has 1 N–H and O–H groups in total. The second-order valence-electron chi connectivity index (χ2n) is 6.02. The average molecular weight is 305 g/mol. The second-order valence-corrected chi connectivity index (χ2v) is 6.02. The lowest BCUT2D eigenvalue weighted by Crippen LogP contribution is -2.40. The predicted molar refractivity (Wildman–Crippen MR) is 87.4 cm³/mol. The van der Waals surface area contributed by atoms with E-state index in [0.29, 0.717) is 11.6 Å². The van der Waals surface area contributed by atoms with Crippen LogP contribution in [0.1, 0.15) is 54.6 Å². The van der Waals surface area contributed by atoms with E-state index in [-0.39, 0.29) is 5.75 Å². The number of phenols is 1. The maximum atomic E-state index is 11.9. The first kappa shape index (κ1) is 16.8. The van der Waals surface area contributed by atoms with Gasteiger partial charge in [0.15, 0.2) is 0 Å². The Bertz CT molecular complexity index is 521. The Morgan fingerprint density at radius 2 is 2.00 bits per heavy atom. The summed E-state index contributed by atoms with van der Waals surface area (Å²) in [6, 6.07) is 4.11. The Kier molecular flexibility index (Phi) is 5.83. The van der Waals surface area contributed by atoms with Gasteiger partial charge in [0.25, 0.3) is 0 Å². The standard InChI is InChI=1S/C18H27NO3/c1-4-10-19(11-5-2)14-7-8-15-13(12-14)6-9-16(20)17(15)18(21)22-3/h6,9,14,20H,4-5,7-8,10-12H2,1-3H3/t14-/m0/s1. The van der Waals surface area contributed by atoms with E-state index in [2.05, 4.69) is 18.7 Å². The van der Waals surface area contributed by atoms with Crippen LogP contribution in [0.3, 0.4) is 0 Å². The number of hydrogen-bond acceptors (Lipinski definition) is 4. The van der Waals surface area contributed by atoms with Crippen molar-refractivity contribution in [3.05, 3.63) is 28.8 Å². The fraction of sp³-hybridized carbons (Fsp3) is 0.611. The molecule has 0 saturated heterocycles. The molecule has 0 heterocycles. The van der Waals surface area contributed by atoms with Crippen LogP contribution in [0.25, 0.3) is 0 Å². The van der Waals surface area contributed by atoms with Crippen LogP contribution in [-0.4, -0.2) is 42.2 Å². The Labute approximate surface area is 133 Å². The fourth-order valence-corrected chi connectivity index (χ4v) is 3.52. The van der Waals surface area contributed by atoms with Gasteiger partial charge in [-0.3, -0.25) is 0 Å². The fourth-order valence-electron chi connectivity index (χ4n) is 3.52. The zero-order chi connectivity index (χ0) is 16.1. The van der Waals surface area contributed by atoms with Crippen molar-refractivity contribution in [2.75, 3.05) is 20.2 Å². The van der Waals surface area contributed by atoms with E-state index >= 15 is 0 Å². The summed E-state index contributed by atoms with van der Waals surface area (Å²) in [7, 11) is 1.36. The van der Waals surface area contributed by atoms with Gasteiger partial charge >= 0.3 is 5.97 Å². The molecule has 22 heavy (non-hydrogen) atoms. The van der Waals surface area contributed by atoms with Crippen molar-refractivity contribution in [2.24, 2.45) is 0 Å². The number of aromatic hydroxyl groups is 1. The highest BCUT2D eigenvalue weighted by Crippen LogP contribution is 2.32. The smallest absolute Gasteiger partial charge is 0.341 e. The molecular formula is C18H27NO3. The van der Waals surface area contributed by atoms with Crippen LogP contribution >= 0.6 is 0 Å². The Hall–Kier alpha value is -1.55. The summed E-state index contributed by atoms with van der Waals surface area (Å²) in [5, 5.41) is 10.0. The lowest BCUT2D eigenvalue weighted by molar-refractivity contribution is 0.0595. The molecule has 1 atom stereocenters. The number of methoxy groups -OCH3 is 1. The molecule has 122 valence electrons. The molecular weight excluding hydrogens is 278 g/mol. The van der Waals surface area contributed by atoms with Gasteiger partial charge in [0.2, 0.25) is 0 Å². The van der Waals surface area contributed by atoms with Gasteiger partial charge in [0, 0.05) is 6.04 Å². The summed E-state index contributed by atoms with van der Waals surface area (Å²) in [6.45, 7) is 6.67. The third kappa shape index (κ3) is 3.43. The summed E-state index contributed by atoms with van der Waals surface area (Å²) in [6.07, 6.45) is 5.11. The highest BCUT2D eigenvalue weighted by molar-refractivity contribution is 5.94. The van der Waals surface area contributed by atoms with Crippen molar-refractivity contribution in [3.63, 3.8) is 0 Å². The van der Waals surface area contributed by atoms with Crippen molar-refractivity contribution in [1.82, 2.24) is 4.90 Å². The maximum Gasteiger partial charge on any atom is 0.341 e. The quantitative estimate of drug-likeness (QED) is 0.820. The van der Waals surface area contributed by atoms with Gasteiger partial charge in [0.1, 0.15) is 11.3 Å². The van der Waals surface area contributed by atoms with Gasteiger partial charge in [-0.1, -0.05) is 19.9 Å². The van der Waals surface area contributed by atoms with E-state index < -0.39 is 5.97 Å². The largest absolute Gasteiger partial charge is 0.507 e. The number of nitrogens with zero attached hydrogens (tertiary/aromatic N) is 1. The number of fused-ring (bicyclic) bond motifs is 1. The third-order valence-electron chi connectivity index (χ3n) is 4.50. The number of rotatable bonds is 6. The minimum absolute atomic E-state index is 0.0306. The summed E-state index contributed by atoms with van der Waals surface area (Å²) in [5.74, 6) is -0.408. The molecule has 0 aromatic heterocycles. The number of carbonyl (C=O) groups is 1. The van der Waals surface area contributed by atoms with Crippen molar-refractivity contribution >= 4 is 5.97 Å². The lowest BCUT2D eigenvalue weighted by atomic mass is 9.84. The Morgan fingerprint density at radius 3 is 2.59 bits per heavy atom. The molecule has 4 nitrogen and oxygen atoms in total. The van der Waals surface area contributed by atoms with Gasteiger partial charge in [-0.25, -0.2) is 4.79 Å². The van der Waals surface area contributed by atoms with E-state index in [4.69, 9.17) is 4.74 Å². The van der Waals surface area contributed by atoms with Crippen molar-refractivity contribution in [2.45, 2.75) is 52.0 Å². The summed E-state index contributed by atoms with van der Waals surface area (Å²) in [5.41, 5.74) is 2.50. The molecule has 0 spiro atoms. The molecule has 0 unspecified atom stereocenters. The first-order valence-electron chi connectivity index (χ1n) is 8.28. The van der Waals surface area contributed by atoms with Crippen LogP contribution in [0, 0.1) is 0 Å². The molecule has 0 bridgehead atoms. The number of phenolic OH excluding ortho intramolecular Hbond substituents is 1. The summed E-state index contributed by atoms with van der Waals surface area (Å²) >= 11 is 0. The Morgan fingerprint density at radius 1 is 1.32 bits per heavy atom. The molecule has 0 saturated carbocycles. The topological polar surface area (TPSA) is 49.8 Å². The molecule has 1 aliphatic rings. The second kappa shape index (κ2) is 7.63. The van der Waals surface area contributed by atoms with Crippen LogP contribution in [0.4, 0.5) is 0 Å². The molecule has 1 aliphatic carbocycles. The molecule has 0 amide bonds. The third-order valence-corrected chi connectivity index (χ3v) is 4.50. The lowest BCUT2D eigenvalue weighted by Gasteiger charge is -2.35. The van der Waals surface area contributed by atoms with Crippen LogP contribution < -0.4 is 0 Å². The minimum atomic E-state index is -0.438. The van der Waals surface area contributed by atoms with Crippen LogP contribution in [-0.2, 0) is 17.6 Å². The molecule has 0 aliphatic heterocycles. The van der Waals surface area contributed by atoms with Gasteiger partial charge in [0.05, 0.1) is 7.11 Å². The number of carbonyl (C=O) groups excluding carboxylic acids is 1. The van der Waals surface area contributed by atoms with Crippen LogP contribution in [0.2, 0.25) is 0 Å². The van der Waals surface area contributed by atoms with E-state index in [1.807, 2.05) is 6.07 Å². The highest BCUT2D eigenvalue weighted by atomic mass is 16.5. The SMILES string of the molecule is CCCN(CCC)[C@H]1CCc2c(ccc(O)c2C(=O)OC)C1. The van der Waals surface area contributed by atoms with Gasteiger partial charge in [-0.15, -0.1) is 0 Å². The average Bonchev–Trinajstić information content (AvgIpc) is 2.53. The number of benzene rings is 1. The van der Waals surface area contributed by atoms with E-state index in [1.54, 1.807) is 6.07 Å². The zero-order valence-electron chi connectivity index (χ0n) is 13.9. The molecule has 1 aromatic carbocycles. The predicted octanol–water partition coefficient (Wildman–Crippen LogP) is 3.16. The van der Waals surface area contributed by atoms with Crippen LogP contribution in [0.15, 0.2) is 12.1 Å². The van der Waals surface area contributed by atoms with E-state index in [9.17, 15) is 9.90 Å². The monoisotopic (exact) mass is 305 g/mol. The van der Waals surface area contributed by atoms with Crippen molar-refractivity contribution < 1.29 is 14.6 Å². The molecule has 2 rings (SSSR count). The first-order valence-corrected chi connectivity index (χ1v) is 8.28. The van der Waals surface area contributed by atoms with Crippen LogP contribution in [0.5, 0.6) is 5.75 Å². The van der Waals surface area contributed by atoms with Gasteiger partial charge in [-0.05, 0) is 62.4 Å². The van der Waals surface area contributed by atoms with Crippen molar-refractivity contribution in [3.8, 4) is 5.75 Å². The first-order chi connectivity index (χ1) is 10.6. The summed E-state index contributed by atoms with van der Waals surface area (Å²) < 4.78 is 4.83. The molecule has 4 heteroatoms. The highest BCUT2D eigenvalue weighted by Gasteiger charge is 2.28. The number of ether oxygens (including phenoxy) is 1. The van der Waals surface area contributed by atoms with Gasteiger partial charge < -0.3 is 14.7 Å². The minimum Gasteiger partial charge on any atom is -0.507 e. The van der Waals surface area contributed by atoms with E-state index in [0.717, 1.165) is 50.8 Å². The van der Waals surface area contributed by atoms with Crippen molar-refractivity contribution in [1.29, 1.82) is 0 Å². The summed E-state index contributed by atoms with van der Waals surface area (Å²) in [4.78, 5) is 14.5. The van der Waals surface area contributed by atoms with Gasteiger partial charge in [-0.2, -0.15) is 0 Å². The number of hydrogen-bond donors (Lipinski definition) is 1. The zero-order valence-corrected chi connectivity index (χ0v) is 13.9. The number of esters is 1. The van der Waals surface area contributed by atoms with E-state index in [1.165, 1.54) is 12.7 Å². The molecule has 1 aromatic rings. The molecule has 0 radical (unpaired) electrons. The maximum absolute atomic E-state index is 11.9. The normalized spacial score (nSPS) is 17.4.